The first-order valence-electron chi connectivity index (χ1n) is 14.6. The number of carboxylic acid groups (broad SMARTS) is 2. The summed E-state index contributed by atoms with van der Waals surface area (Å²) in [6, 6.07) is 9.33. The summed E-state index contributed by atoms with van der Waals surface area (Å²) in [5.74, 6) is -7.74. The highest BCUT2D eigenvalue weighted by Crippen LogP contribution is 2.57. The van der Waals surface area contributed by atoms with Gasteiger partial charge in [-0.3, -0.25) is 19.2 Å². The first-order valence-corrected chi connectivity index (χ1v) is 14.6. The Bertz CT molecular complexity index is 2120. The highest BCUT2D eigenvalue weighted by molar-refractivity contribution is 6.35. The van der Waals surface area contributed by atoms with Crippen molar-refractivity contribution in [2.75, 3.05) is 9.80 Å². The molecule has 0 unspecified atom stereocenters. The van der Waals surface area contributed by atoms with E-state index in [-0.39, 0.29) is 45.8 Å². The van der Waals surface area contributed by atoms with E-state index in [9.17, 15) is 39.0 Å². The molecule has 0 saturated carbocycles. The molecule has 260 valence electrons. The van der Waals surface area contributed by atoms with Crippen LogP contribution < -0.4 is 9.80 Å². The highest BCUT2D eigenvalue weighted by atomic mass is 19.4. The molecule has 10 nitrogen and oxygen atoms in total. The van der Waals surface area contributed by atoms with Crippen molar-refractivity contribution in [3.05, 3.63) is 128 Å². The van der Waals surface area contributed by atoms with Gasteiger partial charge in [-0.15, -0.1) is 0 Å². The maximum atomic E-state index is 15.2. The van der Waals surface area contributed by atoms with Crippen LogP contribution >= 0.6 is 0 Å². The zero-order valence-electron chi connectivity index (χ0n) is 25.9. The van der Waals surface area contributed by atoms with Crippen molar-refractivity contribution >= 4 is 46.9 Å². The topological polar surface area (TPSA) is 149 Å². The van der Waals surface area contributed by atoms with Crippen LogP contribution in [-0.4, -0.2) is 58.1 Å². The number of halogens is 6. The molecule has 16 heteroatoms. The Balaban J connectivity index is 1.51. The standard InChI is InChI=1S/C35H20F6N2O8/c1-15-3-5-17(31(48)49)11-25(15)42-27(44)21-9-7-19(13-23(21)29(42)46)33(34(36,37)38,35(39,40)41)20-8-10-22-24(14-20)30(47)43(28(22)45)26-12-18(32(50)51)6-4-16(26)2/h3-14H,1-2H3,(H,48,49)(H,50,51). The number of aryl methyl sites for hydroxylation is 2. The highest BCUT2D eigenvalue weighted by Gasteiger charge is 2.73. The van der Waals surface area contributed by atoms with E-state index in [4.69, 9.17) is 0 Å². The van der Waals surface area contributed by atoms with E-state index >= 15 is 26.3 Å². The minimum Gasteiger partial charge on any atom is -0.478 e. The number of benzene rings is 4. The average Bonchev–Trinajstić information content (AvgIpc) is 3.43. The number of carbonyl (C=O) groups excluding carboxylic acids is 4. The molecular formula is C35H20F6N2O8. The molecule has 4 aromatic carbocycles. The molecule has 0 aliphatic carbocycles. The number of carbonyl (C=O) groups is 6. The number of amides is 4. The Morgan fingerprint density at radius 3 is 1.16 bits per heavy atom. The Morgan fingerprint density at radius 2 is 0.843 bits per heavy atom. The van der Waals surface area contributed by atoms with Gasteiger partial charge in [0.15, 0.2) is 0 Å². The molecule has 2 aliphatic rings. The lowest BCUT2D eigenvalue weighted by molar-refractivity contribution is -0.288. The lowest BCUT2D eigenvalue weighted by atomic mass is 9.71. The molecule has 0 saturated heterocycles. The predicted molar refractivity (Wildman–Crippen MR) is 164 cm³/mol. The molecule has 0 atom stereocenters. The monoisotopic (exact) mass is 710 g/mol. The second-order valence-electron chi connectivity index (χ2n) is 11.8. The number of fused-ring (bicyclic) bond motifs is 2. The van der Waals surface area contributed by atoms with E-state index in [0.717, 1.165) is 12.1 Å². The van der Waals surface area contributed by atoms with Crippen LogP contribution in [-0.2, 0) is 5.41 Å². The van der Waals surface area contributed by atoms with Gasteiger partial charge < -0.3 is 10.2 Å². The molecule has 0 aromatic heterocycles. The van der Waals surface area contributed by atoms with Crippen molar-refractivity contribution < 1.29 is 65.3 Å². The van der Waals surface area contributed by atoms with Gasteiger partial charge in [0.1, 0.15) is 0 Å². The van der Waals surface area contributed by atoms with Crippen molar-refractivity contribution in [2.24, 2.45) is 0 Å². The summed E-state index contributed by atoms with van der Waals surface area (Å²) in [5, 5.41) is 18.7. The van der Waals surface area contributed by atoms with Gasteiger partial charge in [0.25, 0.3) is 23.6 Å². The molecule has 2 heterocycles. The van der Waals surface area contributed by atoms with E-state index in [0.29, 0.717) is 34.1 Å². The molecule has 0 bridgehead atoms. The molecule has 6 rings (SSSR count). The number of carboxylic acids is 2. The van der Waals surface area contributed by atoms with Crippen LogP contribution in [0.5, 0.6) is 0 Å². The maximum Gasteiger partial charge on any atom is 0.411 e. The first-order chi connectivity index (χ1) is 23.7. The van der Waals surface area contributed by atoms with Crippen LogP contribution in [0.15, 0.2) is 72.8 Å². The number of hydrogen-bond donors (Lipinski definition) is 2. The van der Waals surface area contributed by atoms with Gasteiger partial charge in [-0.1, -0.05) is 24.3 Å². The number of alkyl halides is 6. The number of rotatable bonds is 6. The van der Waals surface area contributed by atoms with Gasteiger partial charge in [-0.05, 0) is 84.6 Å². The van der Waals surface area contributed by atoms with Gasteiger partial charge in [0.05, 0.1) is 44.8 Å². The molecule has 51 heavy (non-hydrogen) atoms. The van der Waals surface area contributed by atoms with E-state index in [1.165, 1.54) is 38.1 Å². The zero-order valence-corrected chi connectivity index (χ0v) is 25.9. The van der Waals surface area contributed by atoms with E-state index < -0.39 is 86.7 Å². The minimum atomic E-state index is -6.21. The summed E-state index contributed by atoms with van der Waals surface area (Å²) in [5.41, 5.74) is -11.6. The Morgan fingerprint density at radius 1 is 0.510 bits per heavy atom. The van der Waals surface area contributed by atoms with Gasteiger partial charge in [-0.25, -0.2) is 19.4 Å². The van der Waals surface area contributed by atoms with Crippen molar-refractivity contribution in [1.82, 2.24) is 0 Å². The van der Waals surface area contributed by atoms with Gasteiger partial charge in [-0.2, -0.15) is 26.3 Å². The Kier molecular flexibility index (Phi) is 7.70. The fourth-order valence-electron chi connectivity index (χ4n) is 6.33. The summed E-state index contributed by atoms with van der Waals surface area (Å²) in [6.45, 7) is 2.80. The summed E-state index contributed by atoms with van der Waals surface area (Å²) in [7, 11) is 0. The summed E-state index contributed by atoms with van der Waals surface area (Å²) in [6.07, 6.45) is -12.4. The third kappa shape index (κ3) is 4.96. The Hall–Kier alpha value is -6.32. The largest absolute Gasteiger partial charge is 0.478 e. The molecule has 2 N–H and O–H groups in total. The fourth-order valence-corrected chi connectivity index (χ4v) is 6.33. The Labute approximate surface area is 282 Å². The van der Waals surface area contributed by atoms with Crippen LogP contribution in [0, 0.1) is 13.8 Å². The summed E-state index contributed by atoms with van der Waals surface area (Å²) < 4.78 is 91.0. The fraction of sp³-hybridized carbons (Fsp3) is 0.143. The summed E-state index contributed by atoms with van der Waals surface area (Å²) >= 11 is 0. The molecular weight excluding hydrogens is 690 g/mol. The van der Waals surface area contributed by atoms with Gasteiger partial charge >= 0.3 is 24.3 Å². The summed E-state index contributed by atoms with van der Waals surface area (Å²) in [4.78, 5) is 77.6. The van der Waals surface area contributed by atoms with Crippen LogP contribution in [0.4, 0.5) is 37.7 Å². The van der Waals surface area contributed by atoms with Crippen LogP contribution in [0.25, 0.3) is 0 Å². The van der Waals surface area contributed by atoms with Crippen LogP contribution in [0.3, 0.4) is 0 Å². The predicted octanol–water partition coefficient (Wildman–Crippen LogP) is 6.71. The number of anilines is 2. The van der Waals surface area contributed by atoms with Gasteiger partial charge in [0.2, 0.25) is 5.41 Å². The molecule has 0 fully saturated rings. The lowest BCUT2D eigenvalue weighted by Gasteiger charge is -2.38. The quantitative estimate of drug-likeness (QED) is 0.166. The minimum absolute atomic E-state index is 0.200. The normalized spacial score (nSPS) is 14.7. The van der Waals surface area contributed by atoms with E-state index in [1.54, 1.807) is 0 Å². The smallest absolute Gasteiger partial charge is 0.411 e. The van der Waals surface area contributed by atoms with Crippen molar-refractivity contribution in [3.8, 4) is 0 Å². The van der Waals surface area contributed by atoms with E-state index in [2.05, 4.69) is 0 Å². The molecule has 0 spiro atoms. The SMILES string of the molecule is Cc1ccc(C(=O)O)cc1N1C(=O)c2ccc(C(c3ccc4c(c3)C(=O)N(c3cc(C(=O)O)ccc3C)C4=O)(C(F)(F)F)C(F)(F)F)cc2C1=O. The third-order valence-corrected chi connectivity index (χ3v) is 8.88. The van der Waals surface area contributed by atoms with Crippen molar-refractivity contribution in [2.45, 2.75) is 31.6 Å². The number of aromatic carboxylic acids is 2. The van der Waals surface area contributed by atoms with Crippen LogP contribution in [0.2, 0.25) is 0 Å². The van der Waals surface area contributed by atoms with Crippen molar-refractivity contribution in [1.29, 1.82) is 0 Å². The van der Waals surface area contributed by atoms with Gasteiger partial charge in [0, 0.05) is 0 Å². The lowest BCUT2D eigenvalue weighted by Crippen LogP contribution is -2.55. The maximum absolute atomic E-state index is 15.2. The molecule has 4 aromatic rings. The second kappa shape index (κ2) is 11.4. The van der Waals surface area contributed by atoms with Crippen molar-refractivity contribution in [3.63, 3.8) is 0 Å². The number of nitrogens with zero attached hydrogens (tertiary/aromatic N) is 2. The molecule has 2 aliphatic heterocycles. The molecule has 0 radical (unpaired) electrons. The third-order valence-electron chi connectivity index (χ3n) is 8.88. The number of imide groups is 2. The zero-order chi connectivity index (χ0) is 37.5. The second-order valence-corrected chi connectivity index (χ2v) is 11.8. The van der Waals surface area contributed by atoms with E-state index in [1.807, 2.05) is 0 Å². The molecule has 4 amide bonds. The first kappa shape index (κ1) is 34.5. The average molecular weight is 711 g/mol. The number of hydrogen-bond acceptors (Lipinski definition) is 6. The van der Waals surface area contributed by atoms with Crippen LogP contribution in [0.1, 0.15) is 84.4 Å².